The summed E-state index contributed by atoms with van der Waals surface area (Å²) in [7, 11) is -2.86. The van der Waals surface area contributed by atoms with Gasteiger partial charge in [-0.3, -0.25) is 0 Å². The lowest BCUT2D eigenvalue weighted by Crippen LogP contribution is -2.25. The number of anilines is 2. The minimum atomic E-state index is -2.86. The quantitative estimate of drug-likeness (QED) is 0.803. The topological polar surface area (TPSA) is 72.2 Å². The molecular formula is C12H18N2O2S. The Balaban J connectivity index is 2.00. The van der Waals surface area contributed by atoms with Crippen LogP contribution in [0.4, 0.5) is 11.4 Å². The average Bonchev–Trinajstić information content (AvgIpc) is 2.60. The van der Waals surface area contributed by atoms with Gasteiger partial charge in [0, 0.05) is 17.9 Å². The lowest BCUT2D eigenvalue weighted by Gasteiger charge is -2.12. The summed E-state index contributed by atoms with van der Waals surface area (Å²) in [6, 6.07) is 5.65. The molecule has 1 atom stereocenters. The van der Waals surface area contributed by atoms with Gasteiger partial charge in [-0.25, -0.2) is 8.42 Å². The van der Waals surface area contributed by atoms with E-state index in [1.807, 2.05) is 25.1 Å². The Labute approximate surface area is 102 Å². The standard InChI is InChI=1S/C12H18N2O2S/c1-9-7-10(4-5-12(9)13)14-8-11-3-2-6-17(11,15)16/h4-5,7,11,14H,2-3,6,8,13H2,1H3. The first-order valence-corrected chi connectivity index (χ1v) is 7.52. The van der Waals surface area contributed by atoms with E-state index in [-0.39, 0.29) is 5.25 Å². The first-order valence-electron chi connectivity index (χ1n) is 5.80. The van der Waals surface area contributed by atoms with E-state index in [2.05, 4.69) is 5.32 Å². The second-order valence-corrected chi connectivity index (χ2v) is 6.98. The molecule has 2 rings (SSSR count). The van der Waals surface area contributed by atoms with Gasteiger partial charge >= 0.3 is 0 Å². The molecule has 94 valence electrons. The molecule has 0 radical (unpaired) electrons. The SMILES string of the molecule is Cc1cc(NCC2CCCS2(=O)=O)ccc1N. The highest BCUT2D eigenvalue weighted by Crippen LogP contribution is 2.21. The molecule has 1 saturated heterocycles. The van der Waals surface area contributed by atoms with Crippen LogP contribution < -0.4 is 11.1 Å². The molecule has 3 N–H and O–H groups in total. The number of nitrogens with two attached hydrogens (primary N) is 1. The van der Waals surface area contributed by atoms with Crippen LogP contribution >= 0.6 is 0 Å². The van der Waals surface area contributed by atoms with Crippen LogP contribution in [0.2, 0.25) is 0 Å². The van der Waals surface area contributed by atoms with Crippen LogP contribution in [-0.2, 0) is 9.84 Å². The largest absolute Gasteiger partial charge is 0.399 e. The zero-order valence-corrected chi connectivity index (χ0v) is 10.8. The molecule has 1 heterocycles. The summed E-state index contributed by atoms with van der Waals surface area (Å²) in [5.41, 5.74) is 8.41. The third-order valence-electron chi connectivity index (χ3n) is 3.27. The fourth-order valence-electron chi connectivity index (χ4n) is 2.10. The van der Waals surface area contributed by atoms with Crippen molar-refractivity contribution in [2.75, 3.05) is 23.3 Å². The van der Waals surface area contributed by atoms with Gasteiger partial charge in [0.05, 0.1) is 11.0 Å². The minimum Gasteiger partial charge on any atom is -0.399 e. The summed E-state index contributed by atoms with van der Waals surface area (Å²) >= 11 is 0. The number of benzene rings is 1. The van der Waals surface area contributed by atoms with E-state index >= 15 is 0 Å². The second kappa shape index (κ2) is 4.56. The summed E-state index contributed by atoms with van der Waals surface area (Å²) in [5, 5.41) is 2.94. The van der Waals surface area contributed by atoms with Crippen molar-refractivity contribution in [2.24, 2.45) is 0 Å². The summed E-state index contributed by atoms with van der Waals surface area (Å²) < 4.78 is 23.3. The first kappa shape index (κ1) is 12.2. The highest BCUT2D eigenvalue weighted by Gasteiger charge is 2.30. The van der Waals surface area contributed by atoms with Crippen molar-refractivity contribution in [2.45, 2.75) is 25.0 Å². The Morgan fingerprint density at radius 1 is 1.47 bits per heavy atom. The maximum Gasteiger partial charge on any atom is 0.154 e. The number of hydrogen-bond acceptors (Lipinski definition) is 4. The van der Waals surface area contributed by atoms with Crippen molar-refractivity contribution in [3.63, 3.8) is 0 Å². The van der Waals surface area contributed by atoms with Crippen molar-refractivity contribution in [3.8, 4) is 0 Å². The van der Waals surface area contributed by atoms with Gasteiger partial charge in [0.15, 0.2) is 9.84 Å². The molecule has 0 aromatic heterocycles. The highest BCUT2D eigenvalue weighted by molar-refractivity contribution is 7.92. The van der Waals surface area contributed by atoms with Crippen molar-refractivity contribution in [1.29, 1.82) is 0 Å². The summed E-state index contributed by atoms with van der Waals surface area (Å²) in [6.45, 7) is 2.43. The number of rotatable bonds is 3. The van der Waals surface area contributed by atoms with Crippen LogP contribution in [0.5, 0.6) is 0 Å². The maximum absolute atomic E-state index is 11.6. The fraction of sp³-hybridized carbons (Fsp3) is 0.500. The molecule has 1 aromatic rings. The Kier molecular flexibility index (Phi) is 3.28. The summed E-state index contributed by atoms with van der Waals surface area (Å²) in [4.78, 5) is 0. The molecule has 0 spiro atoms. The Hall–Kier alpha value is -1.23. The minimum absolute atomic E-state index is 0.236. The summed E-state index contributed by atoms with van der Waals surface area (Å²) in [5.74, 6) is 0.333. The van der Waals surface area contributed by atoms with E-state index in [1.54, 1.807) is 0 Å². The smallest absolute Gasteiger partial charge is 0.154 e. The molecule has 1 aromatic carbocycles. The fourth-order valence-corrected chi connectivity index (χ4v) is 3.87. The third-order valence-corrected chi connectivity index (χ3v) is 5.54. The Morgan fingerprint density at radius 3 is 2.82 bits per heavy atom. The average molecular weight is 254 g/mol. The number of aryl methyl sites for hydroxylation is 1. The van der Waals surface area contributed by atoms with E-state index in [0.29, 0.717) is 12.3 Å². The van der Waals surface area contributed by atoms with Crippen LogP contribution in [-0.4, -0.2) is 26.0 Å². The highest BCUT2D eigenvalue weighted by atomic mass is 32.2. The Morgan fingerprint density at radius 2 is 2.24 bits per heavy atom. The molecule has 1 aliphatic heterocycles. The van der Waals surface area contributed by atoms with Gasteiger partial charge in [0.25, 0.3) is 0 Å². The zero-order valence-electron chi connectivity index (χ0n) is 9.94. The molecule has 0 saturated carbocycles. The molecule has 1 aliphatic rings. The monoisotopic (exact) mass is 254 g/mol. The van der Waals surface area contributed by atoms with Crippen molar-refractivity contribution >= 4 is 21.2 Å². The van der Waals surface area contributed by atoms with E-state index in [9.17, 15) is 8.42 Å². The van der Waals surface area contributed by atoms with E-state index < -0.39 is 9.84 Å². The molecular weight excluding hydrogens is 236 g/mol. The van der Waals surface area contributed by atoms with Gasteiger partial charge in [-0.2, -0.15) is 0 Å². The predicted octanol–water partition coefficient (Wildman–Crippen LogP) is 1.57. The molecule has 17 heavy (non-hydrogen) atoms. The van der Waals surface area contributed by atoms with Crippen LogP contribution in [0, 0.1) is 6.92 Å². The van der Waals surface area contributed by atoms with Gasteiger partial charge in [-0.15, -0.1) is 0 Å². The third kappa shape index (κ3) is 2.72. The van der Waals surface area contributed by atoms with Crippen LogP contribution in [0.1, 0.15) is 18.4 Å². The first-order chi connectivity index (χ1) is 7.99. The van der Waals surface area contributed by atoms with Gasteiger partial charge in [0.2, 0.25) is 0 Å². The molecule has 0 amide bonds. The molecule has 1 unspecified atom stereocenters. The second-order valence-electron chi connectivity index (χ2n) is 4.58. The number of nitrogens with one attached hydrogen (secondary N) is 1. The number of nitrogen functional groups attached to an aromatic ring is 1. The van der Waals surface area contributed by atoms with Crippen molar-refractivity contribution in [1.82, 2.24) is 0 Å². The van der Waals surface area contributed by atoms with Gasteiger partial charge in [-0.05, 0) is 43.5 Å². The van der Waals surface area contributed by atoms with Gasteiger partial charge in [-0.1, -0.05) is 0 Å². The molecule has 4 nitrogen and oxygen atoms in total. The van der Waals surface area contributed by atoms with Crippen LogP contribution in [0.25, 0.3) is 0 Å². The number of hydrogen-bond donors (Lipinski definition) is 2. The van der Waals surface area contributed by atoms with E-state index in [4.69, 9.17) is 5.73 Å². The summed E-state index contributed by atoms with van der Waals surface area (Å²) in [6.07, 6.45) is 1.55. The molecule has 5 heteroatoms. The lowest BCUT2D eigenvalue weighted by atomic mass is 10.2. The van der Waals surface area contributed by atoms with E-state index in [0.717, 1.165) is 29.8 Å². The normalized spacial score (nSPS) is 22.5. The molecule has 1 fully saturated rings. The Bertz CT molecular complexity index is 511. The molecule has 0 aliphatic carbocycles. The number of sulfone groups is 1. The predicted molar refractivity (Wildman–Crippen MR) is 70.9 cm³/mol. The lowest BCUT2D eigenvalue weighted by molar-refractivity contribution is 0.591. The van der Waals surface area contributed by atoms with Gasteiger partial charge < -0.3 is 11.1 Å². The van der Waals surface area contributed by atoms with Crippen molar-refractivity contribution in [3.05, 3.63) is 23.8 Å². The van der Waals surface area contributed by atoms with E-state index in [1.165, 1.54) is 0 Å². The van der Waals surface area contributed by atoms with Gasteiger partial charge in [0.1, 0.15) is 0 Å². The molecule has 0 bridgehead atoms. The van der Waals surface area contributed by atoms with Crippen LogP contribution in [0.15, 0.2) is 18.2 Å². The zero-order chi connectivity index (χ0) is 12.5. The maximum atomic E-state index is 11.6. The van der Waals surface area contributed by atoms with Crippen LogP contribution in [0.3, 0.4) is 0 Å². The van der Waals surface area contributed by atoms with Crippen molar-refractivity contribution < 1.29 is 8.42 Å².